The molecule has 8 nitrogen and oxygen atoms in total. The van der Waals surface area contributed by atoms with Gasteiger partial charge in [0.05, 0.1) is 29.9 Å². The zero-order chi connectivity index (χ0) is 36.0. The molecule has 0 saturated carbocycles. The molecule has 4 aromatic rings. The summed E-state index contributed by atoms with van der Waals surface area (Å²) in [4.78, 5) is 9.25. The minimum Gasteiger partial charge on any atom is -0.493 e. The van der Waals surface area contributed by atoms with Gasteiger partial charge in [0, 0.05) is 61.3 Å². The summed E-state index contributed by atoms with van der Waals surface area (Å²) in [5.41, 5.74) is 8.04. The first-order chi connectivity index (χ1) is 25.4. The molecule has 0 spiro atoms. The zero-order valence-electron chi connectivity index (χ0n) is 30.6. The number of rotatable bonds is 14. The van der Waals surface area contributed by atoms with Gasteiger partial charge in [0.15, 0.2) is 0 Å². The van der Waals surface area contributed by atoms with E-state index in [0.717, 1.165) is 89.6 Å². The first kappa shape index (κ1) is 36.2. The summed E-state index contributed by atoms with van der Waals surface area (Å²) >= 11 is 6.92. The van der Waals surface area contributed by atoms with Crippen molar-refractivity contribution in [2.75, 3.05) is 32.8 Å². The molecule has 3 aromatic carbocycles. The molecule has 0 amide bonds. The third-order valence-corrected chi connectivity index (χ3v) is 11.3. The second-order valence-corrected chi connectivity index (χ2v) is 14.9. The summed E-state index contributed by atoms with van der Waals surface area (Å²) in [6.07, 6.45) is 9.52. The van der Waals surface area contributed by atoms with Crippen molar-refractivity contribution in [3.05, 3.63) is 105 Å². The topological polar surface area (TPSA) is 80.1 Å². The van der Waals surface area contributed by atoms with Crippen LogP contribution in [-0.2, 0) is 24.5 Å². The molecule has 1 aromatic heterocycles. The normalized spacial score (nSPS) is 20.2. The third kappa shape index (κ3) is 8.40. The lowest BCUT2D eigenvalue weighted by molar-refractivity contribution is 0.0288. The van der Waals surface area contributed by atoms with E-state index in [9.17, 15) is 5.26 Å². The first-order valence-electron chi connectivity index (χ1n) is 18.7. The molecule has 3 aliphatic rings. The van der Waals surface area contributed by atoms with E-state index in [2.05, 4.69) is 78.0 Å². The van der Waals surface area contributed by atoms with Gasteiger partial charge in [-0.05, 0) is 99.0 Å². The van der Waals surface area contributed by atoms with Crippen LogP contribution in [0.25, 0.3) is 11.1 Å². The second-order valence-electron chi connectivity index (χ2n) is 14.5. The van der Waals surface area contributed by atoms with Crippen LogP contribution in [0.5, 0.6) is 17.2 Å². The van der Waals surface area contributed by atoms with Gasteiger partial charge in [0.2, 0.25) is 0 Å². The number of hydrogen-bond acceptors (Lipinski definition) is 8. The number of fused-ring (bicyclic) bond motifs is 2. The number of aromatic nitrogens is 1. The van der Waals surface area contributed by atoms with Crippen molar-refractivity contribution >= 4 is 11.6 Å². The van der Waals surface area contributed by atoms with Crippen molar-refractivity contribution in [3.63, 3.8) is 0 Å². The summed E-state index contributed by atoms with van der Waals surface area (Å²) in [6.45, 7) is 12.7. The Morgan fingerprint density at radius 1 is 0.904 bits per heavy atom. The van der Waals surface area contributed by atoms with Crippen molar-refractivity contribution in [1.82, 2.24) is 14.8 Å². The van der Waals surface area contributed by atoms with Crippen LogP contribution in [0.2, 0.25) is 5.02 Å². The number of nitriles is 1. The van der Waals surface area contributed by atoms with Crippen molar-refractivity contribution in [1.29, 1.82) is 5.26 Å². The minimum atomic E-state index is 0.282. The summed E-state index contributed by atoms with van der Waals surface area (Å²) < 4.78 is 24.9. The minimum absolute atomic E-state index is 0.282. The first-order valence-corrected chi connectivity index (χ1v) is 19.1. The highest BCUT2D eigenvalue weighted by atomic mass is 35.5. The Labute approximate surface area is 313 Å². The van der Waals surface area contributed by atoms with Gasteiger partial charge in [-0.3, -0.25) is 14.8 Å². The Kier molecular flexibility index (Phi) is 11.6. The predicted octanol–water partition coefficient (Wildman–Crippen LogP) is 8.66. The van der Waals surface area contributed by atoms with E-state index in [1.54, 1.807) is 18.5 Å². The number of hydrogen-bond donors (Lipinski definition) is 0. The number of nitrogens with zero attached hydrogens (tertiary/aromatic N) is 4. The quantitative estimate of drug-likeness (QED) is 0.120. The standard InChI is InChI=1S/C43H49ClN4O4/c1-29-9-4-5-14-47(29)24-35-18-40(44)43(20-42(35)51-26-33-17-32(21-45)22-46-23-33)52-27-34-10-6-11-38(30(34)2)39-12-7-13-41(31(39)3)49-16-8-15-48-25-37-19-36(48)28-50-37/h6-7,10-13,17-18,20,22-23,29,36-37H,4-5,8-9,14-16,19,24-28H2,1-3H3/t29-,36?,37?/m1/s1. The molecule has 0 N–H and O–H groups in total. The molecule has 0 radical (unpaired) electrons. The number of ether oxygens (including phenoxy) is 4. The van der Waals surface area contributed by atoms with E-state index in [1.165, 1.54) is 25.7 Å². The van der Waals surface area contributed by atoms with E-state index in [0.29, 0.717) is 47.7 Å². The number of likely N-dealkylation sites (tertiary alicyclic amines) is 2. The van der Waals surface area contributed by atoms with Crippen LogP contribution in [-0.4, -0.2) is 65.8 Å². The summed E-state index contributed by atoms with van der Waals surface area (Å²) in [6, 6.07) is 21.6. The highest BCUT2D eigenvalue weighted by molar-refractivity contribution is 6.32. The molecule has 2 bridgehead atoms. The van der Waals surface area contributed by atoms with Crippen LogP contribution in [0.4, 0.5) is 0 Å². The Balaban J connectivity index is 1.05. The van der Waals surface area contributed by atoms with Crippen LogP contribution >= 0.6 is 11.6 Å². The molecular weight excluding hydrogens is 672 g/mol. The lowest BCUT2D eigenvalue weighted by Gasteiger charge is -2.33. The van der Waals surface area contributed by atoms with E-state index in [-0.39, 0.29) is 6.61 Å². The largest absolute Gasteiger partial charge is 0.493 e. The van der Waals surface area contributed by atoms with Crippen LogP contribution in [0.3, 0.4) is 0 Å². The average molecular weight is 721 g/mol. The molecular formula is C43H49ClN4O4. The maximum absolute atomic E-state index is 9.35. The number of piperidine rings is 1. The fourth-order valence-corrected chi connectivity index (χ4v) is 8.14. The Bertz CT molecular complexity index is 1910. The van der Waals surface area contributed by atoms with Gasteiger partial charge in [-0.2, -0.15) is 5.26 Å². The molecule has 3 saturated heterocycles. The Hall–Kier alpha value is -4.13. The Morgan fingerprint density at radius 3 is 2.52 bits per heavy atom. The van der Waals surface area contributed by atoms with Crippen molar-refractivity contribution < 1.29 is 18.9 Å². The number of benzene rings is 3. The van der Waals surface area contributed by atoms with Crippen LogP contribution < -0.4 is 14.2 Å². The van der Waals surface area contributed by atoms with Gasteiger partial charge in [-0.25, -0.2) is 0 Å². The molecule has 2 unspecified atom stereocenters. The van der Waals surface area contributed by atoms with E-state index in [4.69, 9.17) is 30.5 Å². The molecule has 52 heavy (non-hydrogen) atoms. The van der Waals surface area contributed by atoms with E-state index < -0.39 is 0 Å². The summed E-state index contributed by atoms with van der Waals surface area (Å²) in [7, 11) is 0. The van der Waals surface area contributed by atoms with Crippen molar-refractivity contribution in [2.45, 2.75) is 90.8 Å². The summed E-state index contributed by atoms with van der Waals surface area (Å²) in [5.74, 6) is 2.22. The van der Waals surface area contributed by atoms with Gasteiger partial charge in [-0.15, -0.1) is 0 Å². The van der Waals surface area contributed by atoms with Gasteiger partial charge in [-0.1, -0.05) is 48.4 Å². The van der Waals surface area contributed by atoms with Crippen LogP contribution in [0.1, 0.15) is 72.4 Å². The van der Waals surface area contributed by atoms with Gasteiger partial charge in [0.1, 0.15) is 36.5 Å². The van der Waals surface area contributed by atoms with Crippen molar-refractivity contribution in [2.24, 2.45) is 0 Å². The molecule has 9 heteroatoms. The van der Waals surface area contributed by atoms with Crippen LogP contribution in [0.15, 0.2) is 67.0 Å². The molecule has 7 rings (SSSR count). The number of morpholine rings is 1. The number of halogens is 1. The fourth-order valence-electron chi connectivity index (χ4n) is 7.90. The molecule has 3 fully saturated rings. The lowest BCUT2D eigenvalue weighted by atomic mass is 9.93. The number of pyridine rings is 1. The Morgan fingerprint density at radius 2 is 1.73 bits per heavy atom. The highest BCUT2D eigenvalue weighted by Gasteiger charge is 2.38. The maximum Gasteiger partial charge on any atom is 0.142 e. The predicted molar refractivity (Wildman–Crippen MR) is 204 cm³/mol. The van der Waals surface area contributed by atoms with E-state index >= 15 is 0 Å². The fraction of sp³-hybridized carbons (Fsp3) is 0.442. The smallest absolute Gasteiger partial charge is 0.142 e. The van der Waals surface area contributed by atoms with Gasteiger partial charge >= 0.3 is 0 Å². The average Bonchev–Trinajstić information content (AvgIpc) is 3.79. The van der Waals surface area contributed by atoms with E-state index in [1.807, 2.05) is 12.1 Å². The van der Waals surface area contributed by atoms with Crippen LogP contribution in [0, 0.1) is 25.2 Å². The maximum atomic E-state index is 9.35. The van der Waals surface area contributed by atoms with Gasteiger partial charge < -0.3 is 18.9 Å². The zero-order valence-corrected chi connectivity index (χ0v) is 31.3. The second kappa shape index (κ2) is 16.7. The highest BCUT2D eigenvalue weighted by Crippen LogP contribution is 2.37. The molecule has 3 aliphatic heterocycles. The molecule has 0 aliphatic carbocycles. The van der Waals surface area contributed by atoms with Crippen molar-refractivity contribution in [3.8, 4) is 34.4 Å². The lowest BCUT2D eigenvalue weighted by Crippen LogP contribution is -2.37. The van der Waals surface area contributed by atoms with Gasteiger partial charge in [0.25, 0.3) is 0 Å². The SMILES string of the molecule is Cc1c(COc2cc(OCc3cncc(C#N)c3)c(CN3CCCC[C@H]3C)cc2Cl)cccc1-c1cccc(OCCCN2CC3CC2CO3)c1C. The molecule has 3 atom stereocenters. The molecule has 272 valence electrons. The third-order valence-electron chi connectivity index (χ3n) is 11.0. The monoisotopic (exact) mass is 720 g/mol. The molecule has 4 heterocycles. The summed E-state index contributed by atoms with van der Waals surface area (Å²) in [5, 5.41) is 9.91.